The van der Waals surface area contributed by atoms with Crippen LogP contribution in [0.5, 0.6) is 0 Å². The summed E-state index contributed by atoms with van der Waals surface area (Å²) in [6, 6.07) is 11.2. The van der Waals surface area contributed by atoms with E-state index in [0.717, 1.165) is 0 Å². The van der Waals surface area contributed by atoms with Gasteiger partial charge >= 0.3 is 0 Å². The van der Waals surface area contributed by atoms with E-state index in [2.05, 4.69) is 5.32 Å². The first-order chi connectivity index (χ1) is 11.0. The summed E-state index contributed by atoms with van der Waals surface area (Å²) in [7, 11) is 0. The van der Waals surface area contributed by atoms with Crippen molar-refractivity contribution in [2.45, 2.75) is 12.7 Å². The topological polar surface area (TPSA) is 46.2 Å². The number of benzene rings is 2. The van der Waals surface area contributed by atoms with Crippen LogP contribution in [0.4, 0.5) is 10.1 Å². The highest BCUT2D eigenvalue weighted by Gasteiger charge is 2.09. The van der Waals surface area contributed by atoms with Gasteiger partial charge in [-0.3, -0.25) is 9.59 Å². The molecule has 0 saturated heterocycles. The van der Waals surface area contributed by atoms with E-state index in [4.69, 9.17) is 11.6 Å². The Balaban J connectivity index is 1.84. The average Bonchev–Trinajstić information content (AvgIpc) is 2.51. The SMILES string of the molecule is CC(=O)c1ccc(NC(=O)CSCc2c(F)cccc2Cl)cc1. The van der Waals surface area contributed by atoms with Gasteiger partial charge in [-0.25, -0.2) is 4.39 Å². The zero-order chi connectivity index (χ0) is 16.8. The molecule has 0 atom stereocenters. The van der Waals surface area contributed by atoms with E-state index >= 15 is 0 Å². The number of carbonyl (C=O) groups is 2. The molecular formula is C17H15ClFNO2S. The fourth-order valence-corrected chi connectivity index (χ4v) is 3.07. The summed E-state index contributed by atoms with van der Waals surface area (Å²) in [5.74, 6) is -0.0927. The minimum absolute atomic E-state index is 0.0276. The molecule has 0 radical (unpaired) electrons. The molecule has 23 heavy (non-hydrogen) atoms. The summed E-state index contributed by atoms with van der Waals surface area (Å²) in [6.07, 6.45) is 0. The number of hydrogen-bond donors (Lipinski definition) is 1. The van der Waals surface area contributed by atoms with Crippen molar-refractivity contribution in [1.82, 2.24) is 0 Å². The van der Waals surface area contributed by atoms with Gasteiger partial charge in [0.2, 0.25) is 5.91 Å². The van der Waals surface area contributed by atoms with Gasteiger partial charge < -0.3 is 5.32 Å². The van der Waals surface area contributed by atoms with E-state index in [0.29, 0.717) is 27.6 Å². The summed E-state index contributed by atoms with van der Waals surface area (Å²) in [6.45, 7) is 1.48. The maximum atomic E-state index is 13.6. The predicted molar refractivity (Wildman–Crippen MR) is 92.6 cm³/mol. The zero-order valence-electron chi connectivity index (χ0n) is 12.4. The highest BCUT2D eigenvalue weighted by molar-refractivity contribution is 7.99. The number of rotatable bonds is 6. The van der Waals surface area contributed by atoms with Crippen molar-refractivity contribution in [1.29, 1.82) is 0 Å². The van der Waals surface area contributed by atoms with Crippen molar-refractivity contribution < 1.29 is 14.0 Å². The van der Waals surface area contributed by atoms with Gasteiger partial charge in [0.15, 0.2) is 5.78 Å². The summed E-state index contributed by atoms with van der Waals surface area (Å²) in [4.78, 5) is 23.0. The van der Waals surface area contributed by atoms with Gasteiger partial charge in [0.05, 0.1) is 5.75 Å². The zero-order valence-corrected chi connectivity index (χ0v) is 14.0. The van der Waals surface area contributed by atoms with Crippen LogP contribution in [0.3, 0.4) is 0 Å². The fourth-order valence-electron chi connectivity index (χ4n) is 1.90. The van der Waals surface area contributed by atoms with Crippen LogP contribution in [0.25, 0.3) is 0 Å². The monoisotopic (exact) mass is 351 g/mol. The average molecular weight is 352 g/mol. The van der Waals surface area contributed by atoms with Crippen molar-refractivity contribution in [2.75, 3.05) is 11.1 Å². The number of amides is 1. The molecule has 0 bridgehead atoms. The Hall–Kier alpha value is -1.85. The van der Waals surface area contributed by atoms with Crippen LogP contribution in [0.2, 0.25) is 5.02 Å². The van der Waals surface area contributed by atoms with Gasteiger partial charge in [0.1, 0.15) is 5.82 Å². The first-order valence-corrected chi connectivity index (χ1v) is 8.42. The maximum absolute atomic E-state index is 13.6. The fraction of sp³-hybridized carbons (Fsp3) is 0.176. The second-order valence-electron chi connectivity index (χ2n) is 4.87. The lowest BCUT2D eigenvalue weighted by Crippen LogP contribution is -2.14. The first kappa shape index (κ1) is 17.5. The Morgan fingerprint density at radius 2 is 1.87 bits per heavy atom. The molecule has 120 valence electrons. The summed E-state index contributed by atoms with van der Waals surface area (Å²) in [5, 5.41) is 3.08. The van der Waals surface area contributed by atoms with Crippen molar-refractivity contribution in [3.8, 4) is 0 Å². The molecule has 0 spiro atoms. The first-order valence-electron chi connectivity index (χ1n) is 6.89. The third kappa shape index (κ3) is 5.08. The molecule has 2 aromatic rings. The smallest absolute Gasteiger partial charge is 0.234 e. The third-order valence-electron chi connectivity index (χ3n) is 3.12. The largest absolute Gasteiger partial charge is 0.325 e. The minimum Gasteiger partial charge on any atom is -0.325 e. The van der Waals surface area contributed by atoms with Crippen LogP contribution in [-0.4, -0.2) is 17.4 Å². The Kier molecular flexibility index (Phi) is 6.19. The summed E-state index contributed by atoms with van der Waals surface area (Å²) >= 11 is 7.21. The van der Waals surface area contributed by atoms with Gasteiger partial charge in [0.25, 0.3) is 0 Å². The van der Waals surface area contributed by atoms with Gasteiger partial charge in [-0.1, -0.05) is 17.7 Å². The molecule has 1 amide bonds. The lowest BCUT2D eigenvalue weighted by atomic mass is 10.1. The second kappa shape index (κ2) is 8.13. The molecule has 3 nitrogen and oxygen atoms in total. The lowest BCUT2D eigenvalue weighted by Gasteiger charge is -2.07. The number of Topliss-reactive ketones (excluding diaryl/α,β-unsaturated/α-hetero) is 1. The number of anilines is 1. The van der Waals surface area contributed by atoms with Crippen molar-refractivity contribution >= 4 is 40.7 Å². The Morgan fingerprint density at radius 1 is 1.17 bits per heavy atom. The molecule has 0 aliphatic carbocycles. The van der Waals surface area contributed by atoms with Crippen LogP contribution in [0, 0.1) is 5.82 Å². The standard InChI is InChI=1S/C17H15ClFNO2S/c1-11(21)12-5-7-13(8-6-12)20-17(22)10-23-9-14-15(18)3-2-4-16(14)19/h2-8H,9-10H2,1H3,(H,20,22). The molecule has 0 saturated carbocycles. The van der Waals surface area contributed by atoms with Gasteiger partial charge in [-0.05, 0) is 43.3 Å². The van der Waals surface area contributed by atoms with Crippen LogP contribution >= 0.6 is 23.4 Å². The number of nitrogens with one attached hydrogen (secondary N) is 1. The predicted octanol–water partition coefficient (Wildman–Crippen LogP) is 4.55. The van der Waals surface area contributed by atoms with E-state index in [9.17, 15) is 14.0 Å². The van der Waals surface area contributed by atoms with Crippen molar-refractivity contribution in [3.63, 3.8) is 0 Å². The molecule has 0 unspecified atom stereocenters. The van der Waals surface area contributed by atoms with Crippen molar-refractivity contribution in [3.05, 3.63) is 64.4 Å². The van der Waals surface area contributed by atoms with Crippen LogP contribution < -0.4 is 5.32 Å². The van der Waals surface area contributed by atoms with Crippen LogP contribution in [0.1, 0.15) is 22.8 Å². The lowest BCUT2D eigenvalue weighted by molar-refractivity contribution is -0.113. The Morgan fingerprint density at radius 3 is 2.48 bits per heavy atom. The molecule has 2 rings (SSSR count). The highest BCUT2D eigenvalue weighted by atomic mass is 35.5. The molecular weight excluding hydrogens is 337 g/mol. The molecule has 0 aliphatic rings. The molecule has 6 heteroatoms. The minimum atomic E-state index is -0.370. The van der Waals surface area contributed by atoms with E-state index in [-0.39, 0.29) is 23.3 Å². The van der Waals surface area contributed by atoms with E-state index in [1.165, 1.54) is 24.8 Å². The van der Waals surface area contributed by atoms with Gasteiger partial charge in [0, 0.05) is 27.6 Å². The molecule has 0 aromatic heterocycles. The number of halogens is 2. The quantitative estimate of drug-likeness (QED) is 0.776. The van der Waals surface area contributed by atoms with Gasteiger partial charge in [-0.2, -0.15) is 0 Å². The number of carbonyl (C=O) groups excluding carboxylic acids is 2. The summed E-state index contributed by atoms with van der Waals surface area (Å²) < 4.78 is 13.6. The molecule has 0 heterocycles. The van der Waals surface area contributed by atoms with Crippen molar-refractivity contribution in [2.24, 2.45) is 0 Å². The molecule has 0 fully saturated rings. The van der Waals surface area contributed by atoms with Gasteiger partial charge in [-0.15, -0.1) is 11.8 Å². The second-order valence-corrected chi connectivity index (χ2v) is 6.27. The molecule has 0 aliphatic heterocycles. The van der Waals surface area contributed by atoms with Crippen LogP contribution in [-0.2, 0) is 10.5 Å². The normalized spacial score (nSPS) is 10.4. The van der Waals surface area contributed by atoms with Crippen LogP contribution in [0.15, 0.2) is 42.5 Å². The summed E-state index contributed by atoms with van der Waals surface area (Å²) in [5.41, 5.74) is 1.61. The Labute approximate surface area is 143 Å². The Bertz CT molecular complexity index is 699. The number of hydrogen-bond acceptors (Lipinski definition) is 3. The molecule has 2 aromatic carbocycles. The van der Waals surface area contributed by atoms with E-state index < -0.39 is 0 Å². The number of thioether (sulfide) groups is 1. The third-order valence-corrected chi connectivity index (χ3v) is 4.43. The van der Waals surface area contributed by atoms with E-state index in [1.807, 2.05) is 0 Å². The highest BCUT2D eigenvalue weighted by Crippen LogP contribution is 2.24. The molecule has 1 N–H and O–H groups in total. The number of ketones is 1. The van der Waals surface area contributed by atoms with E-state index in [1.54, 1.807) is 36.4 Å². The maximum Gasteiger partial charge on any atom is 0.234 e.